The molecule has 0 saturated heterocycles. The SMILES string of the molecule is CC/C=C/CCCCCCCCCCOC(=O)C1CCCCC1C(=O)[O-].[Na+]. The summed E-state index contributed by atoms with van der Waals surface area (Å²) in [6, 6.07) is 0. The summed E-state index contributed by atoms with van der Waals surface area (Å²) in [4.78, 5) is 23.2. The van der Waals surface area contributed by atoms with Crippen LogP contribution in [-0.2, 0) is 14.3 Å². The Balaban J connectivity index is 0.00000676. The van der Waals surface area contributed by atoms with Crippen molar-refractivity contribution >= 4 is 11.9 Å². The van der Waals surface area contributed by atoms with Gasteiger partial charge in [0.05, 0.1) is 12.5 Å². The average molecular weight is 389 g/mol. The van der Waals surface area contributed by atoms with E-state index < -0.39 is 17.8 Å². The van der Waals surface area contributed by atoms with Crippen LogP contribution in [0.1, 0.15) is 96.8 Å². The molecule has 0 aromatic heterocycles. The van der Waals surface area contributed by atoms with Crippen molar-refractivity contribution in [3.8, 4) is 0 Å². The van der Waals surface area contributed by atoms with Gasteiger partial charge in [-0.2, -0.15) is 0 Å². The molecule has 5 heteroatoms. The molecule has 1 rings (SSSR count). The Bertz CT molecular complexity index is 423. The molecule has 150 valence electrons. The molecule has 1 saturated carbocycles. The van der Waals surface area contributed by atoms with Crippen LogP contribution in [0.2, 0.25) is 0 Å². The maximum atomic E-state index is 12.1. The fraction of sp³-hybridized carbons (Fsp3) is 0.818. The second kappa shape index (κ2) is 17.8. The first kappa shape index (κ1) is 26.7. The normalized spacial score (nSPS) is 19.6. The van der Waals surface area contributed by atoms with Gasteiger partial charge in [0.1, 0.15) is 0 Å². The molecule has 1 aliphatic carbocycles. The van der Waals surface area contributed by atoms with Crippen LogP contribution in [0.15, 0.2) is 12.2 Å². The molecular formula is C22H37NaO4. The van der Waals surface area contributed by atoms with Gasteiger partial charge in [0.25, 0.3) is 0 Å². The topological polar surface area (TPSA) is 66.4 Å². The summed E-state index contributed by atoms with van der Waals surface area (Å²) in [6.07, 6.45) is 19.3. The third-order valence-electron chi connectivity index (χ3n) is 5.28. The number of unbranched alkanes of at least 4 members (excludes halogenated alkanes) is 8. The molecule has 0 radical (unpaired) electrons. The molecule has 1 fully saturated rings. The first-order valence-corrected chi connectivity index (χ1v) is 10.7. The quantitative estimate of drug-likeness (QED) is 0.196. The van der Waals surface area contributed by atoms with Crippen molar-refractivity contribution in [1.29, 1.82) is 0 Å². The zero-order valence-electron chi connectivity index (χ0n) is 17.5. The number of rotatable bonds is 14. The van der Waals surface area contributed by atoms with Crippen LogP contribution in [0, 0.1) is 11.8 Å². The van der Waals surface area contributed by atoms with E-state index in [4.69, 9.17) is 4.74 Å². The third-order valence-corrected chi connectivity index (χ3v) is 5.28. The van der Waals surface area contributed by atoms with Gasteiger partial charge < -0.3 is 14.6 Å². The number of carboxylic acids is 1. The first-order chi connectivity index (χ1) is 12.7. The van der Waals surface area contributed by atoms with Gasteiger partial charge in [0, 0.05) is 11.9 Å². The Morgan fingerprint density at radius 1 is 0.889 bits per heavy atom. The van der Waals surface area contributed by atoms with E-state index >= 15 is 0 Å². The maximum Gasteiger partial charge on any atom is 1.00 e. The van der Waals surface area contributed by atoms with Crippen molar-refractivity contribution in [3.05, 3.63) is 12.2 Å². The minimum absolute atomic E-state index is 0. The molecule has 2 unspecified atom stereocenters. The molecule has 27 heavy (non-hydrogen) atoms. The number of carboxylic acid groups (broad SMARTS) is 1. The number of carbonyl (C=O) groups is 2. The van der Waals surface area contributed by atoms with E-state index in [1.807, 2.05) is 0 Å². The van der Waals surface area contributed by atoms with Crippen molar-refractivity contribution in [1.82, 2.24) is 0 Å². The molecule has 1 aliphatic rings. The predicted molar refractivity (Wildman–Crippen MR) is 102 cm³/mol. The van der Waals surface area contributed by atoms with Crippen molar-refractivity contribution in [2.24, 2.45) is 11.8 Å². The molecule has 4 nitrogen and oxygen atoms in total. The number of hydrogen-bond acceptors (Lipinski definition) is 4. The fourth-order valence-electron chi connectivity index (χ4n) is 3.68. The largest absolute Gasteiger partial charge is 1.00 e. The maximum absolute atomic E-state index is 12.1. The Morgan fingerprint density at radius 3 is 2.04 bits per heavy atom. The minimum atomic E-state index is -1.10. The molecule has 0 aliphatic heterocycles. The van der Waals surface area contributed by atoms with Crippen LogP contribution in [0.4, 0.5) is 0 Å². The van der Waals surface area contributed by atoms with Crippen LogP contribution in [0.3, 0.4) is 0 Å². The Morgan fingerprint density at radius 2 is 1.44 bits per heavy atom. The fourth-order valence-corrected chi connectivity index (χ4v) is 3.68. The van der Waals surface area contributed by atoms with Crippen molar-refractivity contribution in [2.75, 3.05) is 6.61 Å². The van der Waals surface area contributed by atoms with Gasteiger partial charge in [-0.25, -0.2) is 0 Å². The van der Waals surface area contributed by atoms with Gasteiger partial charge in [0.2, 0.25) is 0 Å². The number of allylic oxidation sites excluding steroid dienone is 2. The van der Waals surface area contributed by atoms with E-state index in [-0.39, 0.29) is 35.5 Å². The molecule has 0 aromatic rings. The zero-order valence-corrected chi connectivity index (χ0v) is 19.5. The number of esters is 1. The summed E-state index contributed by atoms with van der Waals surface area (Å²) in [5.41, 5.74) is 0. The Kier molecular flexibility index (Phi) is 17.5. The number of ether oxygens (including phenoxy) is 1. The van der Waals surface area contributed by atoms with Gasteiger partial charge in [0.15, 0.2) is 0 Å². The van der Waals surface area contributed by atoms with Gasteiger partial charge in [-0.3, -0.25) is 4.79 Å². The van der Waals surface area contributed by atoms with Crippen LogP contribution >= 0.6 is 0 Å². The van der Waals surface area contributed by atoms with Crippen LogP contribution in [0.5, 0.6) is 0 Å². The first-order valence-electron chi connectivity index (χ1n) is 10.7. The minimum Gasteiger partial charge on any atom is -0.550 e. The molecule has 0 spiro atoms. The zero-order chi connectivity index (χ0) is 19.0. The van der Waals surface area contributed by atoms with Crippen LogP contribution in [0.25, 0.3) is 0 Å². The molecule has 0 aromatic carbocycles. The summed E-state index contributed by atoms with van der Waals surface area (Å²) in [5, 5.41) is 11.1. The molecular weight excluding hydrogens is 351 g/mol. The third kappa shape index (κ3) is 12.7. The average Bonchev–Trinajstić information content (AvgIpc) is 2.65. The van der Waals surface area contributed by atoms with E-state index in [1.165, 1.54) is 44.9 Å². The summed E-state index contributed by atoms with van der Waals surface area (Å²) >= 11 is 0. The van der Waals surface area contributed by atoms with Gasteiger partial charge in [-0.15, -0.1) is 0 Å². The van der Waals surface area contributed by atoms with Gasteiger partial charge >= 0.3 is 35.5 Å². The van der Waals surface area contributed by atoms with Gasteiger partial charge in [-0.05, 0) is 38.5 Å². The van der Waals surface area contributed by atoms with E-state index in [0.717, 1.165) is 32.1 Å². The predicted octanol–water partition coefficient (Wildman–Crippen LogP) is 1.57. The summed E-state index contributed by atoms with van der Waals surface area (Å²) in [6.45, 7) is 2.58. The Labute approximate surface area is 187 Å². The molecule has 0 N–H and O–H groups in total. The second-order valence-corrected chi connectivity index (χ2v) is 7.48. The summed E-state index contributed by atoms with van der Waals surface area (Å²) in [7, 11) is 0. The second-order valence-electron chi connectivity index (χ2n) is 7.48. The number of carbonyl (C=O) groups excluding carboxylic acids is 2. The van der Waals surface area contributed by atoms with E-state index in [1.54, 1.807) is 0 Å². The van der Waals surface area contributed by atoms with E-state index in [2.05, 4.69) is 19.1 Å². The van der Waals surface area contributed by atoms with Crippen molar-refractivity contribution < 1.29 is 49.0 Å². The van der Waals surface area contributed by atoms with E-state index in [9.17, 15) is 14.7 Å². The Hall–Kier alpha value is -0.320. The molecule has 2 atom stereocenters. The summed E-state index contributed by atoms with van der Waals surface area (Å²) in [5.74, 6) is -2.60. The van der Waals surface area contributed by atoms with Crippen molar-refractivity contribution in [2.45, 2.75) is 96.8 Å². The van der Waals surface area contributed by atoms with Gasteiger partial charge in [-0.1, -0.05) is 70.4 Å². The van der Waals surface area contributed by atoms with E-state index in [0.29, 0.717) is 19.4 Å². The van der Waals surface area contributed by atoms with Crippen LogP contribution < -0.4 is 34.7 Å². The molecule has 0 bridgehead atoms. The van der Waals surface area contributed by atoms with Crippen molar-refractivity contribution in [3.63, 3.8) is 0 Å². The number of aliphatic carboxylic acids is 1. The smallest absolute Gasteiger partial charge is 0.550 e. The standard InChI is InChI=1S/C22H38O4.Na/c1-2-3-4-5-6-7-8-9-10-11-12-15-18-26-22(25)20-17-14-13-16-19(20)21(23)24;/h3-4,19-20H,2,5-18H2,1H3,(H,23,24);/q;+1/p-1/b4-3+;. The monoisotopic (exact) mass is 388 g/mol. The molecule has 0 heterocycles. The molecule has 0 amide bonds. The van der Waals surface area contributed by atoms with Crippen LogP contribution in [-0.4, -0.2) is 18.5 Å². The summed E-state index contributed by atoms with van der Waals surface area (Å²) < 4.78 is 5.32. The number of hydrogen-bond donors (Lipinski definition) is 0.